The fraction of sp³-hybridized carbons (Fsp3) is 0.364. The van der Waals surface area contributed by atoms with E-state index in [4.69, 9.17) is 9.40 Å². The van der Waals surface area contributed by atoms with E-state index in [0.717, 1.165) is 65.1 Å². The maximum Gasteiger partial charge on any atom is 0.162 e. The Bertz CT molecular complexity index is 2300. The normalized spacial score (nSPS) is 12.6. The van der Waals surface area contributed by atoms with Crippen molar-refractivity contribution in [2.24, 2.45) is 17.3 Å². The molecule has 2 aromatic heterocycles. The maximum atomic E-state index is 11.7. The van der Waals surface area contributed by atoms with Gasteiger partial charge in [0.25, 0.3) is 0 Å². The Kier molecular flexibility index (Phi) is 10.9. The molecule has 0 amide bonds. The summed E-state index contributed by atoms with van der Waals surface area (Å²) in [5.74, 6) is 1.57. The van der Waals surface area contributed by atoms with Crippen molar-refractivity contribution in [3.63, 3.8) is 0 Å². The van der Waals surface area contributed by atoms with Crippen molar-refractivity contribution in [2.75, 3.05) is 0 Å². The summed E-state index contributed by atoms with van der Waals surface area (Å²) >= 11 is 0. The van der Waals surface area contributed by atoms with E-state index in [1.165, 1.54) is 49.3 Å². The number of allylic oxidation sites excluding steroid dienone is 2. The molecule has 1 N–H and O–H groups in total. The fourth-order valence-electron chi connectivity index (χ4n) is 7.49. The predicted molar refractivity (Wildman–Crippen MR) is 203 cm³/mol. The van der Waals surface area contributed by atoms with E-state index in [-0.39, 0.29) is 48.9 Å². The van der Waals surface area contributed by atoms with Crippen LogP contribution in [0.5, 0.6) is 0 Å². The quantitative estimate of drug-likeness (QED) is 0.0545. The zero-order valence-corrected chi connectivity index (χ0v) is 32.5. The number of fused-ring (bicyclic) bond motifs is 7. The van der Waals surface area contributed by atoms with Crippen LogP contribution in [0.3, 0.4) is 0 Å². The van der Waals surface area contributed by atoms with Gasteiger partial charge in [-0.1, -0.05) is 101 Å². The standard InChI is InChI=1S/C31H24NO.C13H24O2.Ir/c1-17-25(16-31(2,3)4)27-21-11-7-10-20-23-14-18-8-5-6-9-19(18)15-24(23)29-28(26(20)21)22(12-13-32-29)30(27)33-17;1-5-10(6-2)12(14)9-13(15)11(7-3)8-4;/h5-14H,16H2,1-4H3;9-11,14H,5-8H2,1-4H3;/q-1;;/b;12-9-;. The molecule has 49 heavy (non-hydrogen) atoms. The van der Waals surface area contributed by atoms with Crippen molar-refractivity contribution in [1.29, 1.82) is 0 Å². The molecule has 0 aliphatic carbocycles. The van der Waals surface area contributed by atoms with Crippen LogP contribution >= 0.6 is 0 Å². The summed E-state index contributed by atoms with van der Waals surface area (Å²) in [5, 5.41) is 21.8. The van der Waals surface area contributed by atoms with Gasteiger partial charge >= 0.3 is 0 Å². The summed E-state index contributed by atoms with van der Waals surface area (Å²) in [6, 6.07) is 23.3. The second kappa shape index (κ2) is 14.6. The number of aliphatic hydroxyl groups excluding tert-OH is 1. The predicted octanol–water partition coefficient (Wildman–Crippen LogP) is 12.6. The van der Waals surface area contributed by atoms with Crippen molar-refractivity contribution in [3.05, 3.63) is 90.0 Å². The zero-order valence-electron chi connectivity index (χ0n) is 30.1. The van der Waals surface area contributed by atoms with E-state index in [0.29, 0.717) is 0 Å². The molecule has 7 aromatic rings. The van der Waals surface area contributed by atoms with Crippen LogP contribution in [0.4, 0.5) is 0 Å². The first kappa shape index (κ1) is 36.5. The van der Waals surface area contributed by atoms with Crippen LogP contribution in [0.25, 0.3) is 65.0 Å². The van der Waals surface area contributed by atoms with Crippen LogP contribution in [0.15, 0.2) is 77.0 Å². The van der Waals surface area contributed by atoms with Gasteiger partial charge in [-0.25, -0.2) is 0 Å². The van der Waals surface area contributed by atoms with Gasteiger partial charge in [-0.15, -0.1) is 23.6 Å². The third-order valence-corrected chi connectivity index (χ3v) is 10.1. The van der Waals surface area contributed by atoms with E-state index in [1.807, 2.05) is 33.9 Å². The molecular formula is C44H48IrNO3-. The van der Waals surface area contributed by atoms with Crippen LogP contribution in [0.1, 0.15) is 85.5 Å². The zero-order chi connectivity index (χ0) is 34.3. The van der Waals surface area contributed by atoms with E-state index in [1.54, 1.807) is 0 Å². The number of rotatable bonds is 8. The van der Waals surface area contributed by atoms with Gasteiger partial charge in [0, 0.05) is 66.1 Å². The molecule has 0 saturated heterocycles. The summed E-state index contributed by atoms with van der Waals surface area (Å²) in [6.07, 6.45) is 7.80. The topological polar surface area (TPSA) is 63.3 Å². The van der Waals surface area contributed by atoms with Crippen molar-refractivity contribution in [1.82, 2.24) is 4.98 Å². The van der Waals surface area contributed by atoms with Crippen LogP contribution in [-0.2, 0) is 31.3 Å². The molecule has 7 rings (SSSR count). The van der Waals surface area contributed by atoms with Crippen molar-refractivity contribution >= 4 is 70.7 Å². The van der Waals surface area contributed by atoms with Crippen LogP contribution in [0, 0.1) is 30.2 Å². The van der Waals surface area contributed by atoms with Gasteiger partial charge in [-0.05, 0) is 72.1 Å². The van der Waals surface area contributed by atoms with Crippen LogP contribution < -0.4 is 0 Å². The van der Waals surface area contributed by atoms with Gasteiger partial charge in [-0.3, -0.25) is 9.78 Å². The second-order valence-corrected chi connectivity index (χ2v) is 14.5. The monoisotopic (exact) mass is 831 g/mol. The number of carbonyl (C=O) groups excluding carboxylic acids is 1. The summed E-state index contributed by atoms with van der Waals surface area (Å²) in [5.41, 5.74) is 3.48. The van der Waals surface area contributed by atoms with E-state index < -0.39 is 0 Å². The van der Waals surface area contributed by atoms with E-state index in [2.05, 4.69) is 88.4 Å². The molecule has 5 heteroatoms. The maximum absolute atomic E-state index is 11.7. The Morgan fingerprint density at radius 3 is 2.20 bits per heavy atom. The number of furan rings is 1. The third-order valence-electron chi connectivity index (χ3n) is 10.1. The second-order valence-electron chi connectivity index (χ2n) is 14.5. The van der Waals surface area contributed by atoms with Gasteiger partial charge in [0.05, 0.1) is 5.76 Å². The summed E-state index contributed by atoms with van der Waals surface area (Å²) < 4.78 is 6.51. The summed E-state index contributed by atoms with van der Waals surface area (Å²) in [6.45, 7) is 17.1. The Morgan fingerprint density at radius 1 is 0.857 bits per heavy atom. The van der Waals surface area contributed by atoms with Crippen LogP contribution in [-0.4, -0.2) is 15.9 Å². The fourth-order valence-corrected chi connectivity index (χ4v) is 7.49. The number of carbonyl (C=O) groups is 1. The molecule has 2 heterocycles. The molecule has 4 nitrogen and oxygen atoms in total. The number of ketones is 1. The Hall–Kier alpha value is -3.79. The smallest absolute Gasteiger partial charge is 0.162 e. The Balaban J connectivity index is 0.000000252. The minimum atomic E-state index is 0. The van der Waals surface area contributed by atoms with Crippen molar-refractivity contribution in [2.45, 2.75) is 87.5 Å². The minimum absolute atomic E-state index is 0. The largest absolute Gasteiger partial charge is 0.512 e. The molecule has 257 valence electrons. The molecular weight excluding hydrogens is 783 g/mol. The number of benzene rings is 5. The molecule has 1 radical (unpaired) electrons. The average molecular weight is 831 g/mol. The first-order valence-corrected chi connectivity index (χ1v) is 17.7. The SMILES string of the molecule is CCC(CC)C(=O)/C=C(\O)C(CC)CC.Cc1oc2c3ccnc4c5[c-]c6ccccc6cc5c5cccc(c2c1CC(C)(C)C)c5c34.[Ir]. The first-order chi connectivity index (χ1) is 23.0. The third kappa shape index (κ3) is 6.73. The van der Waals surface area contributed by atoms with E-state index in [9.17, 15) is 9.90 Å². The minimum Gasteiger partial charge on any atom is -0.512 e. The number of hydrogen-bond donors (Lipinski definition) is 1. The average Bonchev–Trinajstić information content (AvgIpc) is 3.39. The first-order valence-electron chi connectivity index (χ1n) is 17.7. The molecule has 0 fully saturated rings. The molecule has 0 spiro atoms. The van der Waals surface area contributed by atoms with E-state index >= 15 is 0 Å². The molecule has 0 aliphatic heterocycles. The summed E-state index contributed by atoms with van der Waals surface area (Å²) in [4.78, 5) is 16.6. The molecule has 0 bridgehead atoms. The Labute approximate surface area is 303 Å². The van der Waals surface area contributed by atoms with Gasteiger partial charge in [0.1, 0.15) is 11.3 Å². The number of nitrogens with zero attached hydrogens (tertiary/aromatic N) is 1. The molecule has 0 unspecified atom stereocenters. The van der Waals surface area contributed by atoms with Gasteiger partial charge in [0.2, 0.25) is 0 Å². The Morgan fingerprint density at radius 2 is 1.53 bits per heavy atom. The molecule has 0 atom stereocenters. The van der Waals surface area contributed by atoms with Crippen LogP contribution in [0.2, 0.25) is 0 Å². The number of pyridine rings is 1. The van der Waals surface area contributed by atoms with Gasteiger partial charge in [0.15, 0.2) is 5.78 Å². The number of hydrogen-bond acceptors (Lipinski definition) is 4. The number of aryl methyl sites for hydroxylation is 1. The molecule has 0 saturated carbocycles. The van der Waals surface area contributed by atoms with Gasteiger partial charge < -0.3 is 9.52 Å². The molecule has 5 aromatic carbocycles. The van der Waals surface area contributed by atoms with Gasteiger partial charge in [-0.2, -0.15) is 0 Å². The molecule has 0 aliphatic rings. The van der Waals surface area contributed by atoms with Crippen molar-refractivity contribution in [3.8, 4) is 0 Å². The number of aliphatic hydroxyl groups is 1. The number of aromatic nitrogens is 1. The summed E-state index contributed by atoms with van der Waals surface area (Å²) in [7, 11) is 0. The van der Waals surface area contributed by atoms with Crippen molar-refractivity contribution < 1.29 is 34.4 Å².